The van der Waals surface area contributed by atoms with Crippen LogP contribution in [0.1, 0.15) is 33.2 Å². The fraction of sp³-hybridized carbons (Fsp3) is 0.211. The molecule has 24 heavy (non-hydrogen) atoms. The highest BCUT2D eigenvalue weighted by Gasteiger charge is 2.33. The molecule has 5 nitrogen and oxygen atoms in total. The average Bonchev–Trinajstić information content (AvgIpc) is 3.04. The van der Waals surface area contributed by atoms with Crippen molar-refractivity contribution in [1.29, 1.82) is 0 Å². The zero-order valence-corrected chi connectivity index (χ0v) is 13.6. The number of rotatable bonds is 3. The van der Waals surface area contributed by atoms with Crippen LogP contribution < -0.4 is 5.32 Å². The van der Waals surface area contributed by atoms with Crippen molar-refractivity contribution >= 4 is 16.8 Å². The maximum atomic E-state index is 12.3. The number of carbonyl (C=O) groups is 1. The van der Waals surface area contributed by atoms with Crippen LogP contribution in [-0.4, -0.2) is 35.0 Å². The second-order valence-corrected chi connectivity index (χ2v) is 6.48. The first-order valence-corrected chi connectivity index (χ1v) is 7.92. The Bertz CT molecular complexity index is 943. The topological polar surface area (TPSA) is 68.4 Å². The Morgan fingerprint density at radius 3 is 2.75 bits per heavy atom. The number of hydrogen-bond donors (Lipinski definition) is 3. The van der Waals surface area contributed by atoms with Gasteiger partial charge in [0, 0.05) is 34.3 Å². The molecule has 4 rings (SSSR count). The lowest BCUT2D eigenvalue weighted by molar-refractivity contribution is 0.0960. The quantitative estimate of drug-likeness (QED) is 0.695. The molecule has 2 aromatic carbocycles. The van der Waals surface area contributed by atoms with Gasteiger partial charge < -0.3 is 20.3 Å². The lowest BCUT2D eigenvalue weighted by atomic mass is 9.95. The van der Waals surface area contributed by atoms with Crippen molar-refractivity contribution in [3.63, 3.8) is 0 Å². The molecule has 1 atom stereocenters. The van der Waals surface area contributed by atoms with Gasteiger partial charge in [0.1, 0.15) is 5.75 Å². The predicted octanol–water partition coefficient (Wildman–Crippen LogP) is 2.77. The maximum Gasteiger partial charge on any atom is 0.252 e. The third-order valence-electron chi connectivity index (χ3n) is 4.46. The van der Waals surface area contributed by atoms with Gasteiger partial charge in [-0.2, -0.15) is 0 Å². The van der Waals surface area contributed by atoms with Gasteiger partial charge in [0.2, 0.25) is 0 Å². The summed E-state index contributed by atoms with van der Waals surface area (Å²) in [4.78, 5) is 17.9. The lowest BCUT2D eigenvalue weighted by Gasteiger charge is -2.16. The van der Waals surface area contributed by atoms with Gasteiger partial charge in [-0.05, 0) is 43.9 Å². The SMILES string of the molecule is CN(C)Cc1[nH]c2ccccc2c1C1NC(=O)c2ccc(O)cc21. The number of H-pyrrole nitrogens is 1. The number of aromatic hydroxyl groups is 1. The number of amides is 1. The number of carbonyl (C=O) groups excluding carboxylic acids is 1. The molecular formula is C19H19N3O2. The molecule has 0 saturated heterocycles. The molecule has 1 aliphatic rings. The summed E-state index contributed by atoms with van der Waals surface area (Å²) in [6.07, 6.45) is 0. The molecule has 1 aromatic heterocycles. The number of phenols is 1. The Morgan fingerprint density at radius 2 is 1.96 bits per heavy atom. The summed E-state index contributed by atoms with van der Waals surface area (Å²) in [5.41, 5.74) is 4.63. The van der Waals surface area contributed by atoms with Crippen LogP contribution in [0.3, 0.4) is 0 Å². The van der Waals surface area contributed by atoms with Gasteiger partial charge in [-0.3, -0.25) is 4.79 Å². The van der Waals surface area contributed by atoms with Gasteiger partial charge >= 0.3 is 0 Å². The molecule has 0 bridgehead atoms. The molecule has 0 saturated carbocycles. The number of benzene rings is 2. The maximum absolute atomic E-state index is 12.3. The highest BCUT2D eigenvalue weighted by Crippen LogP contribution is 2.38. The summed E-state index contributed by atoms with van der Waals surface area (Å²) >= 11 is 0. The minimum atomic E-state index is -0.259. The Morgan fingerprint density at radius 1 is 1.17 bits per heavy atom. The summed E-state index contributed by atoms with van der Waals surface area (Å²) in [7, 11) is 4.03. The molecule has 0 radical (unpaired) electrons. The van der Waals surface area contributed by atoms with Gasteiger partial charge in [-0.1, -0.05) is 18.2 Å². The van der Waals surface area contributed by atoms with Crippen molar-refractivity contribution in [2.24, 2.45) is 0 Å². The van der Waals surface area contributed by atoms with Crippen LogP contribution in [-0.2, 0) is 6.54 Å². The van der Waals surface area contributed by atoms with E-state index < -0.39 is 0 Å². The number of hydrogen-bond acceptors (Lipinski definition) is 3. The van der Waals surface area contributed by atoms with Gasteiger partial charge in [0.15, 0.2) is 0 Å². The average molecular weight is 321 g/mol. The van der Waals surface area contributed by atoms with E-state index in [1.807, 2.05) is 32.3 Å². The van der Waals surface area contributed by atoms with Crippen molar-refractivity contribution < 1.29 is 9.90 Å². The molecule has 1 unspecified atom stereocenters. The van der Waals surface area contributed by atoms with E-state index in [1.165, 1.54) is 0 Å². The van der Waals surface area contributed by atoms with Crippen molar-refractivity contribution in [3.05, 3.63) is 64.8 Å². The number of phenolic OH excluding ortho intramolecular Hbond substituents is 1. The zero-order valence-electron chi connectivity index (χ0n) is 13.6. The smallest absolute Gasteiger partial charge is 0.252 e. The Labute approximate surface area is 139 Å². The lowest BCUT2D eigenvalue weighted by Crippen LogP contribution is -2.22. The first kappa shape index (κ1) is 14.8. The van der Waals surface area contributed by atoms with E-state index in [1.54, 1.807) is 18.2 Å². The van der Waals surface area contributed by atoms with Gasteiger partial charge in [0.05, 0.1) is 6.04 Å². The molecule has 5 heteroatoms. The van der Waals surface area contributed by atoms with Crippen LogP contribution in [0.4, 0.5) is 0 Å². The Hall–Kier alpha value is -2.79. The number of fused-ring (bicyclic) bond motifs is 2. The molecule has 3 N–H and O–H groups in total. The van der Waals surface area contributed by atoms with E-state index >= 15 is 0 Å². The molecule has 0 fully saturated rings. The van der Waals surface area contributed by atoms with Crippen LogP contribution in [0.2, 0.25) is 0 Å². The van der Waals surface area contributed by atoms with Crippen molar-refractivity contribution in [2.75, 3.05) is 14.1 Å². The molecule has 0 aliphatic carbocycles. The van der Waals surface area contributed by atoms with Crippen molar-refractivity contribution in [2.45, 2.75) is 12.6 Å². The summed E-state index contributed by atoms with van der Waals surface area (Å²) in [6, 6.07) is 12.8. The van der Waals surface area contributed by atoms with Crippen LogP contribution in [0.15, 0.2) is 42.5 Å². The van der Waals surface area contributed by atoms with E-state index in [2.05, 4.69) is 21.3 Å². The normalized spacial score (nSPS) is 16.6. The number of nitrogens with zero attached hydrogens (tertiary/aromatic N) is 1. The van der Waals surface area contributed by atoms with Crippen LogP contribution in [0.5, 0.6) is 5.75 Å². The predicted molar refractivity (Wildman–Crippen MR) is 93.1 cm³/mol. The van der Waals surface area contributed by atoms with Crippen LogP contribution in [0, 0.1) is 0 Å². The summed E-state index contributed by atoms with van der Waals surface area (Å²) in [5.74, 6) is 0.0698. The van der Waals surface area contributed by atoms with E-state index in [4.69, 9.17) is 0 Å². The third kappa shape index (κ3) is 2.25. The first-order valence-electron chi connectivity index (χ1n) is 7.92. The molecule has 122 valence electrons. The molecular weight excluding hydrogens is 302 g/mol. The molecule has 1 amide bonds. The van der Waals surface area contributed by atoms with Gasteiger partial charge in [-0.25, -0.2) is 0 Å². The molecule has 0 spiro atoms. The first-order chi connectivity index (χ1) is 11.5. The Kier molecular flexibility index (Phi) is 3.32. The summed E-state index contributed by atoms with van der Waals surface area (Å²) < 4.78 is 0. The van der Waals surface area contributed by atoms with Gasteiger partial charge in [0.25, 0.3) is 5.91 Å². The van der Waals surface area contributed by atoms with E-state index in [0.717, 1.165) is 34.3 Å². The van der Waals surface area contributed by atoms with Gasteiger partial charge in [-0.15, -0.1) is 0 Å². The zero-order chi connectivity index (χ0) is 16.8. The highest BCUT2D eigenvalue weighted by atomic mass is 16.3. The van der Waals surface area contributed by atoms with E-state index in [0.29, 0.717) is 5.56 Å². The second kappa shape index (κ2) is 5.39. The minimum Gasteiger partial charge on any atom is -0.508 e. The molecule has 2 heterocycles. The van der Waals surface area contributed by atoms with E-state index in [9.17, 15) is 9.90 Å². The second-order valence-electron chi connectivity index (χ2n) is 6.48. The fourth-order valence-corrected chi connectivity index (χ4v) is 3.50. The van der Waals surface area contributed by atoms with Crippen molar-refractivity contribution in [3.8, 4) is 5.75 Å². The number of aromatic nitrogens is 1. The number of para-hydroxylation sites is 1. The monoisotopic (exact) mass is 321 g/mol. The van der Waals surface area contributed by atoms with Crippen molar-refractivity contribution in [1.82, 2.24) is 15.2 Å². The summed E-state index contributed by atoms with van der Waals surface area (Å²) in [5, 5.41) is 14.0. The summed E-state index contributed by atoms with van der Waals surface area (Å²) in [6.45, 7) is 0.741. The molecule has 3 aromatic rings. The van der Waals surface area contributed by atoms with Crippen LogP contribution in [0.25, 0.3) is 10.9 Å². The third-order valence-corrected chi connectivity index (χ3v) is 4.46. The largest absolute Gasteiger partial charge is 0.508 e. The number of aromatic amines is 1. The molecule has 1 aliphatic heterocycles. The van der Waals surface area contributed by atoms with Crippen LogP contribution >= 0.6 is 0 Å². The van der Waals surface area contributed by atoms with E-state index in [-0.39, 0.29) is 17.7 Å². The number of nitrogens with one attached hydrogen (secondary N) is 2. The Balaban J connectivity index is 1.94. The fourth-order valence-electron chi connectivity index (χ4n) is 3.50. The standard InChI is InChI=1S/C19H19N3O2/c1-22(2)10-16-17(13-5-3-4-6-15(13)20-16)18-14-9-11(23)7-8-12(14)19(24)21-18/h3-9,18,20,23H,10H2,1-2H3,(H,21,24). The minimum absolute atomic E-state index is 0.101. The highest BCUT2D eigenvalue weighted by molar-refractivity contribution is 6.01.